The molecule has 5 heterocycles. The number of rotatable bonds is 5. The Kier molecular flexibility index (Phi) is 6.66. The van der Waals surface area contributed by atoms with E-state index in [1.54, 1.807) is 0 Å². The topological polar surface area (TPSA) is 106 Å². The molecule has 2 aromatic rings. The number of nitrogens with two attached hydrogens (primary N) is 2. The number of hydrogen-bond acceptors (Lipinski definition) is 8. The highest BCUT2D eigenvalue weighted by molar-refractivity contribution is 6.33. The fraction of sp³-hybridized carbons (Fsp3) is 0.586. The second kappa shape index (κ2) is 9.88. The molecular weight excluding hydrogens is 593 g/mol. The summed E-state index contributed by atoms with van der Waals surface area (Å²) in [5.74, 6) is -0.700. The molecule has 0 spiro atoms. The summed E-state index contributed by atoms with van der Waals surface area (Å²) >= 11 is 6.59. The summed E-state index contributed by atoms with van der Waals surface area (Å²) in [6.45, 7) is 2.93. The van der Waals surface area contributed by atoms with E-state index in [0.29, 0.717) is 25.3 Å². The summed E-state index contributed by atoms with van der Waals surface area (Å²) in [4.78, 5) is 13.1. The van der Waals surface area contributed by atoms with E-state index in [1.165, 1.54) is 19.1 Å². The first-order chi connectivity index (χ1) is 20.3. The number of aromatic nitrogens is 2. The fourth-order valence-electron chi connectivity index (χ4n) is 7.97. The molecule has 1 aromatic heterocycles. The van der Waals surface area contributed by atoms with Crippen molar-refractivity contribution >= 4 is 34.0 Å². The smallest absolute Gasteiger partial charge is 0.418 e. The molecule has 2 unspecified atom stereocenters. The van der Waals surface area contributed by atoms with Gasteiger partial charge in [0.15, 0.2) is 5.82 Å². The van der Waals surface area contributed by atoms with E-state index in [0.717, 1.165) is 38.6 Å². The zero-order valence-corrected chi connectivity index (χ0v) is 24.3. The summed E-state index contributed by atoms with van der Waals surface area (Å²) in [6.07, 6.45) is -1.20. The molecule has 5 aliphatic rings. The molecule has 3 saturated heterocycles. The zero-order valence-electron chi connectivity index (χ0n) is 23.6. The molecule has 4 aliphatic heterocycles. The lowest BCUT2D eigenvalue weighted by molar-refractivity contribution is -0.0892. The number of benzene rings is 1. The van der Waals surface area contributed by atoms with Gasteiger partial charge in [-0.2, -0.15) is 23.1 Å². The molecule has 0 radical (unpaired) electrons. The average Bonchev–Trinajstić information content (AvgIpc) is 3.64. The first kappa shape index (κ1) is 29.0. The largest absolute Gasteiger partial charge is 0.461 e. The van der Waals surface area contributed by atoms with Gasteiger partial charge in [-0.25, -0.2) is 8.78 Å². The third-order valence-electron chi connectivity index (χ3n) is 9.81. The molecule has 14 heteroatoms. The zero-order chi connectivity index (χ0) is 30.5. The molecule has 5 N–H and O–H groups in total. The molecule has 8 nitrogen and oxygen atoms in total. The second-order valence-electron chi connectivity index (χ2n) is 12.8. The van der Waals surface area contributed by atoms with Crippen LogP contribution in [0.2, 0.25) is 5.02 Å². The summed E-state index contributed by atoms with van der Waals surface area (Å²) in [5, 5.41) is 2.55. The molecule has 1 aliphatic carbocycles. The Morgan fingerprint density at radius 1 is 1.23 bits per heavy atom. The third kappa shape index (κ3) is 4.74. The van der Waals surface area contributed by atoms with Crippen molar-refractivity contribution in [2.24, 2.45) is 11.5 Å². The van der Waals surface area contributed by atoms with Crippen molar-refractivity contribution in [2.75, 3.05) is 31.1 Å². The SMILES string of the molecule is CC1=CC(N)NC(c2c(Cl)cc3c(N4C[C@@]5(N)CC[C@@H]4C5)nc(OCC45CCCN4C[C@H](F)C5)nc3c2F)=C1C(F)(F)F. The lowest BCUT2D eigenvalue weighted by atomic mass is 9.94. The third-order valence-corrected chi connectivity index (χ3v) is 10.1. The molecule has 5 atom stereocenters. The highest BCUT2D eigenvalue weighted by Crippen LogP contribution is 2.47. The number of hydrogen-bond donors (Lipinski definition) is 3. The number of anilines is 1. The van der Waals surface area contributed by atoms with E-state index in [4.69, 9.17) is 27.8 Å². The predicted molar refractivity (Wildman–Crippen MR) is 153 cm³/mol. The number of ether oxygens (including phenoxy) is 1. The predicted octanol–water partition coefficient (Wildman–Crippen LogP) is 4.56. The summed E-state index contributed by atoms with van der Waals surface area (Å²) in [7, 11) is 0. The van der Waals surface area contributed by atoms with E-state index < -0.39 is 52.2 Å². The highest BCUT2D eigenvalue weighted by atomic mass is 35.5. The van der Waals surface area contributed by atoms with Crippen LogP contribution in [0, 0.1) is 5.82 Å². The van der Waals surface area contributed by atoms with Gasteiger partial charge in [-0.3, -0.25) is 4.90 Å². The van der Waals surface area contributed by atoms with Gasteiger partial charge in [-0.15, -0.1) is 0 Å². The Balaban J connectivity index is 1.38. The quantitative estimate of drug-likeness (QED) is 0.416. The van der Waals surface area contributed by atoms with E-state index in [9.17, 15) is 17.6 Å². The van der Waals surface area contributed by atoms with Crippen LogP contribution in [0.25, 0.3) is 16.6 Å². The van der Waals surface area contributed by atoms with E-state index >= 15 is 4.39 Å². The molecule has 1 aromatic carbocycles. The van der Waals surface area contributed by atoms with Crippen LogP contribution < -0.4 is 26.4 Å². The first-order valence-electron chi connectivity index (χ1n) is 14.6. The van der Waals surface area contributed by atoms with Gasteiger partial charge in [0.1, 0.15) is 24.1 Å². The van der Waals surface area contributed by atoms with Gasteiger partial charge in [0.05, 0.1) is 33.6 Å². The number of halogens is 6. The molecule has 2 bridgehead atoms. The number of nitrogens with zero attached hydrogens (tertiary/aromatic N) is 4. The van der Waals surface area contributed by atoms with Crippen LogP contribution in [-0.2, 0) is 0 Å². The van der Waals surface area contributed by atoms with Crippen molar-refractivity contribution in [3.8, 4) is 6.01 Å². The van der Waals surface area contributed by atoms with Crippen LogP contribution >= 0.6 is 11.6 Å². The van der Waals surface area contributed by atoms with Crippen molar-refractivity contribution in [3.63, 3.8) is 0 Å². The monoisotopic (exact) mass is 625 g/mol. The first-order valence-corrected chi connectivity index (χ1v) is 14.9. The number of piperidine rings is 1. The highest BCUT2D eigenvalue weighted by Gasteiger charge is 2.50. The minimum Gasteiger partial charge on any atom is -0.461 e. The maximum absolute atomic E-state index is 16.6. The van der Waals surface area contributed by atoms with Crippen molar-refractivity contribution in [2.45, 2.75) is 81.1 Å². The molecule has 43 heavy (non-hydrogen) atoms. The molecular formula is C29H33ClF5N7O. The van der Waals surface area contributed by atoms with Crippen LogP contribution in [0.15, 0.2) is 23.3 Å². The van der Waals surface area contributed by atoms with Gasteiger partial charge < -0.3 is 26.4 Å². The van der Waals surface area contributed by atoms with E-state index in [1.807, 2.05) is 4.90 Å². The second-order valence-corrected chi connectivity index (χ2v) is 13.2. The number of allylic oxidation sites excluding steroid dienone is 2. The number of dihydropyridines is 1. The van der Waals surface area contributed by atoms with Crippen LogP contribution in [0.5, 0.6) is 6.01 Å². The lowest BCUT2D eigenvalue weighted by Gasteiger charge is -2.33. The van der Waals surface area contributed by atoms with Gasteiger partial charge >= 0.3 is 12.2 Å². The van der Waals surface area contributed by atoms with Crippen molar-refractivity contribution in [3.05, 3.63) is 39.7 Å². The number of alkyl halides is 4. The van der Waals surface area contributed by atoms with Gasteiger partial charge in [0.25, 0.3) is 0 Å². The summed E-state index contributed by atoms with van der Waals surface area (Å²) < 4.78 is 79.8. The Labute approximate surface area is 250 Å². The van der Waals surface area contributed by atoms with Crippen molar-refractivity contribution < 1.29 is 26.7 Å². The van der Waals surface area contributed by atoms with Crippen LogP contribution in [0.3, 0.4) is 0 Å². The van der Waals surface area contributed by atoms with Crippen LogP contribution in [0.4, 0.5) is 27.8 Å². The van der Waals surface area contributed by atoms with Gasteiger partial charge in [-0.1, -0.05) is 11.6 Å². The summed E-state index contributed by atoms with van der Waals surface area (Å²) in [5.41, 5.74) is 9.11. The Hall–Kier alpha value is -2.74. The lowest BCUT2D eigenvalue weighted by Crippen LogP contribution is -2.45. The molecule has 1 saturated carbocycles. The van der Waals surface area contributed by atoms with Crippen LogP contribution in [0.1, 0.15) is 51.0 Å². The van der Waals surface area contributed by atoms with Crippen molar-refractivity contribution in [1.29, 1.82) is 0 Å². The minimum absolute atomic E-state index is 0.0499. The molecule has 4 fully saturated rings. The molecule has 7 rings (SSSR count). The standard InChI is InChI=1S/C29H33ClF5N7O/c1-14-7-19(36)38-24(21(14)29(33,34)35)20-18(30)8-17-23(22(20)32)39-26(40-25(17)42-12-27(37)5-3-16(42)10-27)43-13-28-4-2-6-41(28)11-15(31)9-28/h7-8,15-16,19,38H,2-6,9-13,36-37H2,1H3/t15-,16-,19?,27-,28?/m1/s1. The molecule has 232 valence electrons. The number of nitrogens with one attached hydrogen (secondary N) is 1. The van der Waals surface area contributed by atoms with Crippen LogP contribution in [-0.4, -0.2) is 76.7 Å². The van der Waals surface area contributed by atoms with Gasteiger partial charge in [0.2, 0.25) is 0 Å². The molecule has 0 amide bonds. The minimum atomic E-state index is -4.81. The van der Waals surface area contributed by atoms with E-state index in [2.05, 4.69) is 20.2 Å². The van der Waals surface area contributed by atoms with Crippen molar-refractivity contribution in [1.82, 2.24) is 20.2 Å². The Bertz CT molecular complexity index is 1570. The maximum Gasteiger partial charge on any atom is 0.418 e. The Morgan fingerprint density at radius 2 is 2.02 bits per heavy atom. The number of fused-ring (bicyclic) bond motifs is 4. The fourth-order valence-corrected chi connectivity index (χ4v) is 8.25. The van der Waals surface area contributed by atoms with Gasteiger partial charge in [0, 0.05) is 36.5 Å². The average molecular weight is 626 g/mol. The maximum atomic E-state index is 16.6. The van der Waals surface area contributed by atoms with Gasteiger partial charge in [-0.05, 0) is 63.3 Å². The Morgan fingerprint density at radius 3 is 2.72 bits per heavy atom. The van der Waals surface area contributed by atoms with E-state index in [-0.39, 0.29) is 40.2 Å². The summed E-state index contributed by atoms with van der Waals surface area (Å²) in [6, 6.07) is 1.31. The normalized spacial score (nSPS) is 32.5.